The number of rotatable bonds is 4. The summed E-state index contributed by atoms with van der Waals surface area (Å²) in [7, 11) is 1.10. The Kier molecular flexibility index (Phi) is 3.60. The number of alkyl halides is 2. The average molecular weight is 233 g/mol. The molecule has 7 heteroatoms. The smallest absolute Gasteiger partial charge is 0.309 e. The summed E-state index contributed by atoms with van der Waals surface area (Å²) >= 11 is 0. The minimum atomic E-state index is -2.97. The number of carboxylic acids is 1. The van der Waals surface area contributed by atoms with E-state index in [0.717, 1.165) is 13.3 Å². The van der Waals surface area contributed by atoms with Gasteiger partial charge in [-0.15, -0.1) is 0 Å². The molecule has 1 rings (SSSR count). The normalized spacial score (nSPS) is 10.5. The lowest BCUT2D eigenvalue weighted by Crippen LogP contribution is -2.08. The van der Waals surface area contributed by atoms with Gasteiger partial charge in [-0.05, 0) is 0 Å². The highest BCUT2D eigenvalue weighted by Gasteiger charge is 2.24. The van der Waals surface area contributed by atoms with Gasteiger partial charge in [0.1, 0.15) is 0 Å². The minimum Gasteiger partial charge on any atom is -0.503 e. The lowest BCUT2D eigenvalue weighted by molar-refractivity contribution is -0.136. The summed E-state index contributed by atoms with van der Waals surface area (Å²) in [5.41, 5.74) is -1.01. The second-order valence-corrected chi connectivity index (χ2v) is 2.91. The number of carboxylic acid groups (broad SMARTS) is 1. The van der Waals surface area contributed by atoms with Gasteiger partial charge in [0.25, 0.3) is 6.43 Å². The van der Waals surface area contributed by atoms with Crippen molar-refractivity contribution in [2.45, 2.75) is 12.8 Å². The zero-order valence-electron chi connectivity index (χ0n) is 8.28. The molecule has 0 spiro atoms. The quantitative estimate of drug-likeness (QED) is 0.820. The van der Waals surface area contributed by atoms with Crippen molar-refractivity contribution in [3.8, 4) is 11.5 Å². The molecule has 0 aliphatic carbocycles. The van der Waals surface area contributed by atoms with E-state index in [-0.39, 0.29) is 5.69 Å². The van der Waals surface area contributed by atoms with E-state index in [2.05, 4.69) is 9.72 Å². The van der Waals surface area contributed by atoms with Crippen molar-refractivity contribution in [2.24, 2.45) is 0 Å². The van der Waals surface area contributed by atoms with E-state index in [9.17, 15) is 18.7 Å². The van der Waals surface area contributed by atoms with Gasteiger partial charge in [0, 0.05) is 0 Å². The van der Waals surface area contributed by atoms with Gasteiger partial charge >= 0.3 is 5.97 Å². The molecule has 0 aliphatic rings. The van der Waals surface area contributed by atoms with Crippen molar-refractivity contribution in [2.75, 3.05) is 7.11 Å². The molecule has 16 heavy (non-hydrogen) atoms. The highest BCUT2D eigenvalue weighted by molar-refractivity contribution is 5.70. The molecule has 0 aliphatic heterocycles. The maximum atomic E-state index is 12.7. The standard InChI is InChI=1S/C9H9F2NO4/c1-16-8-5(13)3-12-4(2-6(14)15)7(8)9(10)11/h3,9,13H,2H2,1H3,(H,14,15). The molecule has 0 bridgehead atoms. The SMILES string of the molecule is COc1c(O)cnc(CC(=O)O)c1C(F)F. The van der Waals surface area contributed by atoms with Crippen LogP contribution in [0.25, 0.3) is 0 Å². The van der Waals surface area contributed by atoms with Crippen molar-refractivity contribution < 1.29 is 28.5 Å². The summed E-state index contributed by atoms with van der Waals surface area (Å²) in [4.78, 5) is 13.9. The molecule has 1 heterocycles. The first-order valence-corrected chi connectivity index (χ1v) is 4.22. The average Bonchev–Trinajstić information content (AvgIpc) is 2.18. The Balaban J connectivity index is 3.32. The minimum absolute atomic E-state index is 0.322. The lowest BCUT2D eigenvalue weighted by Gasteiger charge is -2.12. The van der Waals surface area contributed by atoms with Crippen LogP contribution in [0.1, 0.15) is 17.7 Å². The Morgan fingerprint density at radius 2 is 2.25 bits per heavy atom. The Hall–Kier alpha value is -1.92. The first-order valence-electron chi connectivity index (χ1n) is 4.22. The summed E-state index contributed by atoms with van der Waals surface area (Å²) in [6.07, 6.45) is -2.75. The van der Waals surface area contributed by atoms with E-state index in [1.54, 1.807) is 0 Å². The fraction of sp³-hybridized carbons (Fsp3) is 0.333. The summed E-state index contributed by atoms with van der Waals surface area (Å²) < 4.78 is 30.0. The number of methoxy groups -OCH3 is 1. The number of aromatic hydroxyl groups is 1. The number of pyridine rings is 1. The molecular formula is C9H9F2NO4. The third kappa shape index (κ3) is 2.36. The van der Waals surface area contributed by atoms with Crippen LogP contribution in [-0.4, -0.2) is 28.3 Å². The molecule has 0 fully saturated rings. The van der Waals surface area contributed by atoms with Gasteiger partial charge < -0.3 is 14.9 Å². The molecule has 1 aromatic heterocycles. The van der Waals surface area contributed by atoms with E-state index in [4.69, 9.17) is 5.11 Å². The van der Waals surface area contributed by atoms with Crippen LogP contribution in [0.2, 0.25) is 0 Å². The second kappa shape index (κ2) is 4.73. The number of hydrogen-bond acceptors (Lipinski definition) is 4. The number of carbonyl (C=O) groups is 1. The van der Waals surface area contributed by atoms with E-state index in [1.165, 1.54) is 0 Å². The molecule has 0 saturated carbocycles. The van der Waals surface area contributed by atoms with Gasteiger partial charge in [-0.1, -0.05) is 0 Å². The van der Waals surface area contributed by atoms with Crippen molar-refractivity contribution in [3.63, 3.8) is 0 Å². The van der Waals surface area contributed by atoms with Gasteiger partial charge in [0.2, 0.25) is 0 Å². The first-order chi connectivity index (χ1) is 7.47. The summed E-state index contributed by atoms with van der Waals surface area (Å²) in [6.45, 7) is 0. The summed E-state index contributed by atoms with van der Waals surface area (Å²) in [5.74, 6) is -2.28. The van der Waals surface area contributed by atoms with Crippen LogP contribution in [-0.2, 0) is 11.2 Å². The lowest BCUT2D eigenvalue weighted by atomic mass is 10.1. The molecule has 88 valence electrons. The predicted molar refractivity (Wildman–Crippen MR) is 48.8 cm³/mol. The molecule has 0 radical (unpaired) electrons. The second-order valence-electron chi connectivity index (χ2n) is 2.91. The maximum absolute atomic E-state index is 12.7. The molecule has 0 aromatic carbocycles. The van der Waals surface area contributed by atoms with Crippen LogP contribution in [0, 0.1) is 0 Å². The first kappa shape index (κ1) is 12.2. The van der Waals surface area contributed by atoms with Gasteiger partial charge in [-0.2, -0.15) is 0 Å². The van der Waals surface area contributed by atoms with Gasteiger partial charge in [-0.25, -0.2) is 8.78 Å². The molecule has 1 aromatic rings. The number of hydrogen-bond donors (Lipinski definition) is 2. The van der Waals surface area contributed by atoms with E-state index in [0.29, 0.717) is 0 Å². The third-order valence-electron chi connectivity index (χ3n) is 1.87. The molecule has 0 saturated heterocycles. The van der Waals surface area contributed by atoms with Gasteiger partial charge in [-0.3, -0.25) is 9.78 Å². The van der Waals surface area contributed by atoms with Crippen LogP contribution >= 0.6 is 0 Å². The Morgan fingerprint density at radius 1 is 1.62 bits per heavy atom. The van der Waals surface area contributed by atoms with Crippen molar-refractivity contribution >= 4 is 5.97 Å². The van der Waals surface area contributed by atoms with Crippen molar-refractivity contribution in [1.82, 2.24) is 4.98 Å². The van der Waals surface area contributed by atoms with E-state index in [1.807, 2.05) is 0 Å². The van der Waals surface area contributed by atoms with Crippen LogP contribution in [0.3, 0.4) is 0 Å². The van der Waals surface area contributed by atoms with Crippen LogP contribution in [0.4, 0.5) is 8.78 Å². The van der Waals surface area contributed by atoms with E-state index >= 15 is 0 Å². The van der Waals surface area contributed by atoms with Crippen LogP contribution in [0.15, 0.2) is 6.20 Å². The van der Waals surface area contributed by atoms with Crippen LogP contribution < -0.4 is 4.74 Å². The zero-order chi connectivity index (χ0) is 12.3. The monoisotopic (exact) mass is 233 g/mol. The Bertz CT molecular complexity index is 409. The molecule has 0 amide bonds. The highest BCUT2D eigenvalue weighted by Crippen LogP contribution is 2.37. The number of ether oxygens (including phenoxy) is 1. The summed E-state index contributed by atoms with van der Waals surface area (Å²) in [6, 6.07) is 0. The molecular weight excluding hydrogens is 224 g/mol. The summed E-state index contributed by atoms with van der Waals surface area (Å²) in [5, 5.41) is 17.7. The Morgan fingerprint density at radius 3 is 2.69 bits per heavy atom. The fourth-order valence-corrected chi connectivity index (χ4v) is 1.26. The third-order valence-corrected chi connectivity index (χ3v) is 1.87. The molecule has 0 unspecified atom stereocenters. The molecule has 5 nitrogen and oxygen atoms in total. The largest absolute Gasteiger partial charge is 0.503 e. The van der Waals surface area contributed by atoms with Gasteiger partial charge in [0.15, 0.2) is 11.5 Å². The topological polar surface area (TPSA) is 79.7 Å². The highest BCUT2D eigenvalue weighted by atomic mass is 19.3. The van der Waals surface area contributed by atoms with Gasteiger partial charge in [0.05, 0.1) is 31.0 Å². The predicted octanol–water partition coefficient (Wildman–Crippen LogP) is 1.36. The molecule has 0 atom stereocenters. The number of nitrogens with zero attached hydrogens (tertiary/aromatic N) is 1. The van der Waals surface area contributed by atoms with Crippen molar-refractivity contribution in [3.05, 3.63) is 17.5 Å². The van der Waals surface area contributed by atoms with E-state index < -0.39 is 35.9 Å². The Labute approximate surface area is 89.3 Å². The fourth-order valence-electron chi connectivity index (χ4n) is 1.26. The zero-order valence-corrected chi connectivity index (χ0v) is 8.28. The van der Waals surface area contributed by atoms with Crippen LogP contribution in [0.5, 0.6) is 11.5 Å². The maximum Gasteiger partial charge on any atom is 0.309 e. The molecule has 2 N–H and O–H groups in total. The number of aromatic nitrogens is 1. The number of aliphatic carboxylic acids is 1. The van der Waals surface area contributed by atoms with Crippen molar-refractivity contribution in [1.29, 1.82) is 0 Å². The number of halogens is 2.